The van der Waals surface area contributed by atoms with Crippen LogP contribution in [0.25, 0.3) is 0 Å². The lowest BCUT2D eigenvalue weighted by molar-refractivity contribution is 0.279. The van der Waals surface area contributed by atoms with Crippen molar-refractivity contribution in [3.05, 3.63) is 119 Å². The van der Waals surface area contributed by atoms with Crippen LogP contribution in [0.4, 0.5) is 0 Å². The zero-order chi connectivity index (χ0) is 33.9. The van der Waals surface area contributed by atoms with E-state index in [1.807, 2.05) is 0 Å². The van der Waals surface area contributed by atoms with Gasteiger partial charge in [0.2, 0.25) is 20.0 Å². The molecule has 8 N–H and O–H groups in total. The molecule has 0 aliphatic rings. The summed E-state index contributed by atoms with van der Waals surface area (Å²) in [4.78, 5) is 0.0887. The van der Waals surface area contributed by atoms with Crippen LogP contribution >= 0.6 is 0 Å². The highest BCUT2D eigenvalue weighted by atomic mass is 32.2. The maximum absolute atomic E-state index is 12.6. The van der Waals surface area contributed by atoms with Gasteiger partial charge in [0, 0.05) is 24.2 Å². The Labute approximate surface area is 275 Å². The minimum atomic E-state index is -3.76. The van der Waals surface area contributed by atoms with Crippen LogP contribution < -0.4 is 30.4 Å². The predicted octanol–water partition coefficient (Wildman–Crippen LogP) is 3.84. The second kappa shape index (κ2) is 16.2. The van der Waals surface area contributed by atoms with Crippen LogP contribution in [0, 0.1) is 10.8 Å². The topological polar surface area (TPSA) is 211 Å². The van der Waals surface area contributed by atoms with Gasteiger partial charge < -0.3 is 20.9 Å². The van der Waals surface area contributed by atoms with E-state index in [1.54, 1.807) is 72.8 Å². The number of ether oxygens (including phenoxy) is 2. The van der Waals surface area contributed by atoms with Gasteiger partial charge in [0.1, 0.15) is 23.2 Å². The zero-order valence-electron chi connectivity index (χ0n) is 25.6. The first-order chi connectivity index (χ1) is 22.4. The first kappa shape index (κ1) is 35.1. The van der Waals surface area contributed by atoms with Crippen LogP contribution in [0.3, 0.4) is 0 Å². The highest BCUT2D eigenvalue weighted by Gasteiger charge is 2.16. The van der Waals surface area contributed by atoms with Gasteiger partial charge >= 0.3 is 0 Å². The average Bonchev–Trinajstić information content (AvgIpc) is 3.07. The molecule has 0 aliphatic carbocycles. The molecule has 0 fully saturated rings. The van der Waals surface area contributed by atoms with Gasteiger partial charge in [-0.15, -0.1) is 0 Å². The van der Waals surface area contributed by atoms with Gasteiger partial charge in [0.15, 0.2) is 0 Å². The fraction of sp³-hybridized carbons (Fsp3) is 0.212. The van der Waals surface area contributed by atoms with Gasteiger partial charge in [-0.2, -0.15) is 0 Å². The van der Waals surface area contributed by atoms with E-state index in [-0.39, 0.29) is 34.6 Å². The maximum atomic E-state index is 12.6. The smallest absolute Gasteiger partial charge is 0.240 e. The summed E-state index contributed by atoms with van der Waals surface area (Å²) in [6, 6.07) is 26.3. The molecule has 0 aromatic heterocycles. The molecule has 0 heterocycles. The fourth-order valence-corrected chi connectivity index (χ4v) is 6.48. The first-order valence-electron chi connectivity index (χ1n) is 14.7. The van der Waals surface area contributed by atoms with E-state index in [9.17, 15) is 16.8 Å². The number of hydrogen-bond acceptors (Lipinski definition) is 8. The van der Waals surface area contributed by atoms with Gasteiger partial charge in [0.05, 0.1) is 23.0 Å². The summed E-state index contributed by atoms with van der Waals surface area (Å²) in [5.74, 6) is 0.976. The number of sulfonamides is 2. The van der Waals surface area contributed by atoms with Gasteiger partial charge in [-0.1, -0.05) is 48.5 Å². The number of nitrogens with one attached hydrogen (secondary N) is 4. The Morgan fingerprint density at radius 2 is 0.957 bits per heavy atom. The lowest BCUT2D eigenvalue weighted by Crippen LogP contribution is -2.23. The summed E-state index contributed by atoms with van der Waals surface area (Å²) in [5, 5.41) is 15.0. The van der Waals surface area contributed by atoms with Crippen molar-refractivity contribution in [1.29, 1.82) is 10.8 Å². The molecule has 4 rings (SSSR count). The fourth-order valence-electron chi connectivity index (χ4n) is 4.35. The maximum Gasteiger partial charge on any atom is 0.240 e. The van der Waals surface area contributed by atoms with Crippen molar-refractivity contribution in [3.63, 3.8) is 0 Å². The summed E-state index contributed by atoms with van der Waals surface area (Å²) in [6.45, 7) is 1.27. The number of nitrogen functional groups attached to an aromatic ring is 2. The van der Waals surface area contributed by atoms with Gasteiger partial charge in [-0.25, -0.2) is 26.3 Å². The van der Waals surface area contributed by atoms with Crippen molar-refractivity contribution in [3.8, 4) is 11.5 Å². The van der Waals surface area contributed by atoms with Crippen LogP contribution in [-0.4, -0.2) is 41.7 Å². The Morgan fingerprint density at radius 1 is 0.574 bits per heavy atom. The molecule has 0 saturated heterocycles. The van der Waals surface area contributed by atoms with Crippen LogP contribution in [0.2, 0.25) is 0 Å². The summed E-state index contributed by atoms with van der Waals surface area (Å²) >= 11 is 0. The van der Waals surface area contributed by atoms with E-state index >= 15 is 0 Å². The van der Waals surface area contributed by atoms with E-state index in [0.717, 1.165) is 30.4 Å². The Bertz CT molecular complexity index is 1760. The van der Waals surface area contributed by atoms with Crippen molar-refractivity contribution in [2.75, 3.05) is 13.2 Å². The molecule has 0 atom stereocenters. The van der Waals surface area contributed by atoms with E-state index < -0.39 is 20.0 Å². The largest absolute Gasteiger partial charge is 0.494 e. The van der Waals surface area contributed by atoms with Crippen molar-refractivity contribution in [1.82, 2.24) is 9.44 Å². The molecule has 0 radical (unpaired) electrons. The number of rotatable bonds is 18. The Morgan fingerprint density at radius 3 is 1.32 bits per heavy atom. The van der Waals surface area contributed by atoms with Crippen LogP contribution in [0.1, 0.15) is 41.5 Å². The van der Waals surface area contributed by atoms with Gasteiger partial charge in [-0.05, 0) is 78.9 Å². The minimum absolute atomic E-state index is 0.0443. The highest BCUT2D eigenvalue weighted by molar-refractivity contribution is 7.89. The molecule has 4 aromatic carbocycles. The monoisotopic (exact) mass is 678 g/mol. The molecule has 0 aliphatic heterocycles. The van der Waals surface area contributed by atoms with E-state index in [4.69, 9.17) is 31.8 Å². The molecule has 47 heavy (non-hydrogen) atoms. The normalized spacial score (nSPS) is 11.6. The molecule has 4 aromatic rings. The Kier molecular flexibility index (Phi) is 12.1. The third-order valence-corrected chi connectivity index (χ3v) is 9.81. The number of amidine groups is 2. The summed E-state index contributed by atoms with van der Waals surface area (Å²) in [7, 11) is -7.53. The lowest BCUT2D eigenvalue weighted by atomic mass is 10.2. The molecule has 0 saturated carbocycles. The van der Waals surface area contributed by atoms with E-state index in [2.05, 4.69) is 9.44 Å². The molecular formula is C33H38N6O6S2. The molecular weight excluding hydrogens is 641 g/mol. The SMILES string of the molecule is N=C(N)c1cccc(S(=O)(=O)NCc2ccc(OCCCCCOc3ccc(CNS(=O)(=O)c4cccc(C(=N)N)c4)cc3)cc2)c1. The molecule has 0 amide bonds. The standard InChI is InChI=1S/C33H38N6O6S2/c34-32(35)26-6-4-8-30(20-26)46(40,41)38-22-24-10-14-28(15-11-24)44-18-2-1-3-19-45-29-16-12-25(13-17-29)23-39-47(42,43)31-9-5-7-27(21-31)33(36)37/h4-17,20-21,38-39H,1-3,18-19,22-23H2,(H3,34,35)(H3,36,37). The second-order valence-electron chi connectivity index (χ2n) is 10.6. The van der Waals surface area contributed by atoms with Gasteiger partial charge in [0.25, 0.3) is 0 Å². The molecule has 0 unspecified atom stereocenters. The zero-order valence-corrected chi connectivity index (χ0v) is 27.2. The van der Waals surface area contributed by atoms with Crippen LogP contribution in [0.15, 0.2) is 107 Å². The molecule has 0 bridgehead atoms. The molecule has 0 spiro atoms. The van der Waals surface area contributed by atoms with Crippen LogP contribution in [0.5, 0.6) is 11.5 Å². The van der Waals surface area contributed by atoms with Gasteiger partial charge in [-0.3, -0.25) is 10.8 Å². The third-order valence-electron chi connectivity index (χ3n) is 7.02. The number of unbranched alkanes of at least 4 members (excludes halogenated alkanes) is 2. The quantitative estimate of drug-likeness (QED) is 0.0516. The summed E-state index contributed by atoms with van der Waals surface area (Å²) in [5.41, 5.74) is 13.1. The Balaban J connectivity index is 1.10. The molecule has 12 nitrogen and oxygen atoms in total. The number of hydrogen-bond donors (Lipinski definition) is 6. The van der Waals surface area contributed by atoms with Crippen molar-refractivity contribution < 1.29 is 26.3 Å². The van der Waals surface area contributed by atoms with Crippen molar-refractivity contribution in [2.45, 2.75) is 42.1 Å². The van der Waals surface area contributed by atoms with E-state index in [0.29, 0.717) is 35.8 Å². The molecule has 14 heteroatoms. The highest BCUT2D eigenvalue weighted by Crippen LogP contribution is 2.17. The molecule has 248 valence electrons. The lowest BCUT2D eigenvalue weighted by Gasteiger charge is -2.10. The number of nitrogens with two attached hydrogens (primary N) is 2. The van der Waals surface area contributed by atoms with Crippen LogP contribution in [-0.2, 0) is 33.1 Å². The summed E-state index contributed by atoms with van der Waals surface area (Å²) < 4.78 is 67.2. The minimum Gasteiger partial charge on any atom is -0.494 e. The second-order valence-corrected chi connectivity index (χ2v) is 14.1. The van der Waals surface area contributed by atoms with E-state index in [1.165, 1.54) is 24.3 Å². The first-order valence-corrected chi connectivity index (χ1v) is 17.7. The average molecular weight is 679 g/mol. The Hall–Kier alpha value is -4.76. The predicted molar refractivity (Wildman–Crippen MR) is 181 cm³/mol. The summed E-state index contributed by atoms with van der Waals surface area (Å²) in [6.07, 6.45) is 2.56. The third kappa shape index (κ3) is 10.6. The van der Waals surface area contributed by atoms with Crippen molar-refractivity contribution >= 4 is 31.7 Å². The van der Waals surface area contributed by atoms with Crippen molar-refractivity contribution in [2.24, 2.45) is 11.5 Å². The number of benzene rings is 4.